The molecule has 14 heavy (non-hydrogen) atoms. The van der Waals surface area contributed by atoms with Gasteiger partial charge in [0.1, 0.15) is 11.9 Å². The number of carbonyl (C=O) groups excluding carboxylic acids is 1. The number of hydrogen-bond donors (Lipinski definition) is 1. The standard InChI is InChI=1S/C11H12O3/c1-7(12)11-6-9(13)8-4-2-3-5-10(8)14-11/h2-5,7,11-12H,6H2,1H3/t7-,11+/m1/s1. The molecule has 0 spiro atoms. The van der Waals surface area contributed by atoms with Gasteiger partial charge in [-0.25, -0.2) is 0 Å². The lowest BCUT2D eigenvalue weighted by molar-refractivity contribution is 0.0335. The van der Waals surface area contributed by atoms with Crippen molar-refractivity contribution in [3.63, 3.8) is 0 Å². The Morgan fingerprint density at radius 3 is 2.93 bits per heavy atom. The SMILES string of the molecule is C[C@@H](O)[C@@H]1CC(=O)c2ccccc2O1. The van der Waals surface area contributed by atoms with E-state index in [4.69, 9.17) is 4.74 Å². The van der Waals surface area contributed by atoms with Crippen LogP contribution in [-0.4, -0.2) is 23.1 Å². The number of para-hydroxylation sites is 1. The number of aliphatic hydroxyl groups excluding tert-OH is 1. The average molecular weight is 192 g/mol. The Morgan fingerprint density at radius 1 is 1.50 bits per heavy atom. The van der Waals surface area contributed by atoms with Crippen molar-refractivity contribution in [2.75, 3.05) is 0 Å². The fourth-order valence-electron chi connectivity index (χ4n) is 1.57. The van der Waals surface area contributed by atoms with Crippen LogP contribution in [0.25, 0.3) is 0 Å². The first-order valence-corrected chi connectivity index (χ1v) is 4.65. The van der Waals surface area contributed by atoms with Crippen LogP contribution in [0.3, 0.4) is 0 Å². The third-order valence-corrected chi connectivity index (χ3v) is 2.39. The summed E-state index contributed by atoms with van der Waals surface area (Å²) >= 11 is 0. The van der Waals surface area contributed by atoms with Crippen LogP contribution in [0.1, 0.15) is 23.7 Å². The second-order valence-corrected chi connectivity index (χ2v) is 3.52. The molecule has 0 saturated heterocycles. The largest absolute Gasteiger partial charge is 0.487 e. The van der Waals surface area contributed by atoms with Gasteiger partial charge in [-0.05, 0) is 19.1 Å². The zero-order chi connectivity index (χ0) is 10.1. The molecule has 1 heterocycles. The van der Waals surface area contributed by atoms with Gasteiger partial charge in [-0.15, -0.1) is 0 Å². The summed E-state index contributed by atoms with van der Waals surface area (Å²) in [7, 11) is 0. The molecule has 1 aromatic rings. The van der Waals surface area contributed by atoms with E-state index in [2.05, 4.69) is 0 Å². The highest BCUT2D eigenvalue weighted by atomic mass is 16.5. The van der Waals surface area contributed by atoms with Crippen LogP contribution < -0.4 is 4.74 Å². The molecule has 0 unspecified atom stereocenters. The van der Waals surface area contributed by atoms with E-state index in [1.54, 1.807) is 19.1 Å². The van der Waals surface area contributed by atoms with Crippen LogP contribution in [0.15, 0.2) is 24.3 Å². The lowest BCUT2D eigenvalue weighted by Crippen LogP contribution is -2.35. The zero-order valence-corrected chi connectivity index (χ0v) is 7.93. The van der Waals surface area contributed by atoms with Crippen LogP contribution >= 0.6 is 0 Å². The average Bonchev–Trinajstić information content (AvgIpc) is 2.17. The molecule has 2 rings (SSSR count). The molecule has 0 saturated carbocycles. The summed E-state index contributed by atoms with van der Waals surface area (Å²) < 4.78 is 5.49. The Kier molecular flexibility index (Phi) is 2.25. The molecule has 2 atom stereocenters. The second kappa shape index (κ2) is 3.42. The maximum absolute atomic E-state index is 11.6. The molecule has 1 N–H and O–H groups in total. The predicted molar refractivity (Wildman–Crippen MR) is 51.5 cm³/mol. The molecule has 3 heteroatoms. The summed E-state index contributed by atoms with van der Waals surface area (Å²) in [6.45, 7) is 1.63. The minimum atomic E-state index is -0.618. The quantitative estimate of drug-likeness (QED) is 0.731. The van der Waals surface area contributed by atoms with Gasteiger partial charge in [0.2, 0.25) is 0 Å². The minimum Gasteiger partial charge on any atom is -0.487 e. The first kappa shape index (κ1) is 9.21. The van der Waals surface area contributed by atoms with E-state index in [1.165, 1.54) is 0 Å². The number of carbonyl (C=O) groups is 1. The number of Topliss-reactive ketones (excluding diaryl/α,β-unsaturated/α-hetero) is 1. The second-order valence-electron chi connectivity index (χ2n) is 3.52. The summed E-state index contributed by atoms with van der Waals surface area (Å²) in [5.41, 5.74) is 0.615. The van der Waals surface area contributed by atoms with E-state index in [0.717, 1.165) is 0 Å². The Labute approximate surface area is 82.3 Å². The van der Waals surface area contributed by atoms with Crippen molar-refractivity contribution in [2.45, 2.75) is 25.6 Å². The van der Waals surface area contributed by atoms with Crippen LogP contribution in [-0.2, 0) is 0 Å². The molecule has 74 valence electrons. The first-order valence-electron chi connectivity index (χ1n) is 4.65. The van der Waals surface area contributed by atoms with E-state index < -0.39 is 12.2 Å². The monoisotopic (exact) mass is 192 g/mol. The van der Waals surface area contributed by atoms with Gasteiger partial charge in [0.05, 0.1) is 18.1 Å². The third-order valence-electron chi connectivity index (χ3n) is 2.39. The van der Waals surface area contributed by atoms with Crippen molar-refractivity contribution in [3.05, 3.63) is 29.8 Å². The van der Waals surface area contributed by atoms with Crippen molar-refractivity contribution in [2.24, 2.45) is 0 Å². The summed E-state index contributed by atoms with van der Waals surface area (Å²) in [6.07, 6.45) is -0.765. The summed E-state index contributed by atoms with van der Waals surface area (Å²) in [6, 6.07) is 7.12. The third kappa shape index (κ3) is 1.51. The number of ketones is 1. The van der Waals surface area contributed by atoms with Gasteiger partial charge in [0, 0.05) is 0 Å². The Balaban J connectivity index is 2.33. The number of fused-ring (bicyclic) bond motifs is 1. The summed E-state index contributed by atoms with van der Waals surface area (Å²) in [5, 5.41) is 9.34. The van der Waals surface area contributed by atoms with Crippen molar-refractivity contribution in [1.82, 2.24) is 0 Å². The van der Waals surface area contributed by atoms with E-state index >= 15 is 0 Å². The highest BCUT2D eigenvalue weighted by molar-refractivity contribution is 5.99. The van der Waals surface area contributed by atoms with Gasteiger partial charge in [0.25, 0.3) is 0 Å². The van der Waals surface area contributed by atoms with Crippen molar-refractivity contribution >= 4 is 5.78 Å². The van der Waals surface area contributed by atoms with Crippen LogP contribution in [0.5, 0.6) is 5.75 Å². The smallest absolute Gasteiger partial charge is 0.170 e. The fourth-order valence-corrected chi connectivity index (χ4v) is 1.57. The van der Waals surface area contributed by atoms with Gasteiger partial charge < -0.3 is 9.84 Å². The lowest BCUT2D eigenvalue weighted by atomic mass is 9.98. The normalized spacial score (nSPS) is 22.4. The molecule has 0 amide bonds. The van der Waals surface area contributed by atoms with Crippen LogP contribution in [0.2, 0.25) is 0 Å². The highest BCUT2D eigenvalue weighted by Crippen LogP contribution is 2.28. The molecular weight excluding hydrogens is 180 g/mol. The van der Waals surface area contributed by atoms with Gasteiger partial charge in [-0.2, -0.15) is 0 Å². The predicted octanol–water partition coefficient (Wildman–Crippen LogP) is 1.40. The Bertz CT molecular complexity index is 357. The molecule has 1 aromatic carbocycles. The molecule has 0 bridgehead atoms. The number of aliphatic hydroxyl groups is 1. The summed E-state index contributed by atoms with van der Waals surface area (Å²) in [5.74, 6) is 0.618. The fraction of sp³-hybridized carbons (Fsp3) is 0.364. The number of hydrogen-bond acceptors (Lipinski definition) is 3. The van der Waals surface area contributed by atoms with E-state index in [1.807, 2.05) is 12.1 Å². The van der Waals surface area contributed by atoms with Crippen molar-refractivity contribution < 1.29 is 14.6 Å². The van der Waals surface area contributed by atoms with Gasteiger partial charge in [-0.3, -0.25) is 4.79 Å². The van der Waals surface area contributed by atoms with E-state index in [-0.39, 0.29) is 12.2 Å². The molecule has 0 aromatic heterocycles. The molecular formula is C11H12O3. The molecule has 0 fully saturated rings. The maximum atomic E-state index is 11.6. The lowest BCUT2D eigenvalue weighted by Gasteiger charge is -2.26. The molecule has 1 aliphatic heterocycles. The van der Waals surface area contributed by atoms with Crippen molar-refractivity contribution in [3.8, 4) is 5.75 Å². The number of rotatable bonds is 1. The van der Waals surface area contributed by atoms with E-state index in [9.17, 15) is 9.90 Å². The summed E-state index contributed by atoms with van der Waals surface area (Å²) in [4.78, 5) is 11.6. The number of ether oxygens (including phenoxy) is 1. The Hall–Kier alpha value is -1.35. The minimum absolute atomic E-state index is 0.0396. The molecule has 3 nitrogen and oxygen atoms in total. The highest BCUT2D eigenvalue weighted by Gasteiger charge is 2.28. The van der Waals surface area contributed by atoms with Crippen LogP contribution in [0.4, 0.5) is 0 Å². The topological polar surface area (TPSA) is 46.5 Å². The van der Waals surface area contributed by atoms with Gasteiger partial charge >= 0.3 is 0 Å². The van der Waals surface area contributed by atoms with Crippen molar-refractivity contribution in [1.29, 1.82) is 0 Å². The first-order chi connectivity index (χ1) is 6.68. The maximum Gasteiger partial charge on any atom is 0.170 e. The Morgan fingerprint density at radius 2 is 2.21 bits per heavy atom. The van der Waals surface area contributed by atoms with E-state index in [0.29, 0.717) is 11.3 Å². The molecule has 0 aliphatic carbocycles. The van der Waals surface area contributed by atoms with Crippen LogP contribution in [0, 0.1) is 0 Å². The van der Waals surface area contributed by atoms with Gasteiger partial charge in [-0.1, -0.05) is 12.1 Å². The number of benzene rings is 1. The van der Waals surface area contributed by atoms with Gasteiger partial charge in [0.15, 0.2) is 5.78 Å². The zero-order valence-electron chi connectivity index (χ0n) is 7.93. The molecule has 1 aliphatic rings. The molecule has 0 radical (unpaired) electrons.